The van der Waals surface area contributed by atoms with Crippen LogP contribution in [0, 0.1) is 11.7 Å². The molecule has 2 heterocycles. The number of aromatic nitrogens is 1. The predicted molar refractivity (Wildman–Crippen MR) is 100 cm³/mol. The minimum absolute atomic E-state index is 0.00182. The molecule has 0 bridgehead atoms. The third-order valence-electron chi connectivity index (χ3n) is 4.89. The van der Waals surface area contributed by atoms with Crippen LogP contribution in [-0.4, -0.2) is 52.8 Å². The lowest BCUT2D eigenvalue weighted by Gasteiger charge is -2.24. The van der Waals surface area contributed by atoms with E-state index in [0.29, 0.717) is 32.6 Å². The number of halogens is 1. The molecule has 1 saturated heterocycles. The normalized spacial score (nSPS) is 17.5. The standard InChI is InChI=1S/C21H24FN3O2/c1-16(26)24-10-11-25(21(27)13-17-5-7-19(22)8-6-17)15-18(14-24)12-20-4-2-3-9-23-20/h2-9,18H,10-15H2,1H3/t18-/m1/s1. The number of hydrogen-bond donors (Lipinski definition) is 0. The molecule has 0 unspecified atom stereocenters. The maximum Gasteiger partial charge on any atom is 0.227 e. The van der Waals surface area contributed by atoms with Gasteiger partial charge in [0.15, 0.2) is 0 Å². The molecule has 1 aromatic heterocycles. The van der Waals surface area contributed by atoms with Gasteiger partial charge in [0.2, 0.25) is 11.8 Å². The van der Waals surface area contributed by atoms with Gasteiger partial charge in [-0.25, -0.2) is 4.39 Å². The average molecular weight is 369 g/mol. The van der Waals surface area contributed by atoms with Gasteiger partial charge in [-0.05, 0) is 42.2 Å². The van der Waals surface area contributed by atoms with Crippen molar-refractivity contribution >= 4 is 11.8 Å². The van der Waals surface area contributed by atoms with Gasteiger partial charge in [-0.3, -0.25) is 14.6 Å². The van der Waals surface area contributed by atoms with Crippen LogP contribution in [0.3, 0.4) is 0 Å². The van der Waals surface area contributed by atoms with Crippen molar-refractivity contribution in [2.24, 2.45) is 5.92 Å². The molecule has 5 nitrogen and oxygen atoms in total. The Kier molecular flexibility index (Phi) is 6.16. The van der Waals surface area contributed by atoms with Gasteiger partial charge in [0.25, 0.3) is 0 Å². The zero-order valence-corrected chi connectivity index (χ0v) is 15.5. The molecular weight excluding hydrogens is 345 g/mol. The molecule has 1 aromatic carbocycles. The Balaban J connectivity index is 1.71. The average Bonchev–Trinajstić information content (AvgIpc) is 2.87. The Morgan fingerprint density at radius 1 is 1.07 bits per heavy atom. The number of pyridine rings is 1. The molecule has 1 aliphatic rings. The number of carbonyl (C=O) groups excluding carboxylic acids is 2. The summed E-state index contributed by atoms with van der Waals surface area (Å²) < 4.78 is 13.1. The molecule has 2 aromatic rings. The Bertz CT molecular complexity index is 780. The van der Waals surface area contributed by atoms with Gasteiger partial charge in [-0.1, -0.05) is 18.2 Å². The Hall–Kier alpha value is -2.76. The number of carbonyl (C=O) groups is 2. The van der Waals surface area contributed by atoms with Crippen LogP contribution in [0.25, 0.3) is 0 Å². The molecule has 1 fully saturated rings. The van der Waals surface area contributed by atoms with Crippen molar-refractivity contribution in [3.63, 3.8) is 0 Å². The first-order valence-electron chi connectivity index (χ1n) is 9.19. The fourth-order valence-corrected chi connectivity index (χ4v) is 3.45. The van der Waals surface area contributed by atoms with Crippen LogP contribution in [0.15, 0.2) is 48.7 Å². The van der Waals surface area contributed by atoms with Crippen molar-refractivity contribution in [3.8, 4) is 0 Å². The molecule has 1 atom stereocenters. The maximum absolute atomic E-state index is 13.1. The Morgan fingerprint density at radius 3 is 2.44 bits per heavy atom. The zero-order chi connectivity index (χ0) is 19.2. The van der Waals surface area contributed by atoms with Crippen LogP contribution in [0.2, 0.25) is 0 Å². The fourth-order valence-electron chi connectivity index (χ4n) is 3.45. The highest BCUT2D eigenvalue weighted by molar-refractivity contribution is 5.79. The molecule has 1 aliphatic heterocycles. The van der Waals surface area contributed by atoms with Gasteiger partial charge in [0, 0.05) is 45.0 Å². The van der Waals surface area contributed by atoms with Crippen LogP contribution >= 0.6 is 0 Å². The topological polar surface area (TPSA) is 53.5 Å². The lowest BCUT2D eigenvalue weighted by molar-refractivity contribution is -0.132. The summed E-state index contributed by atoms with van der Waals surface area (Å²) in [4.78, 5) is 32.7. The summed E-state index contributed by atoms with van der Waals surface area (Å²) in [6.45, 7) is 3.81. The van der Waals surface area contributed by atoms with E-state index >= 15 is 0 Å². The fraction of sp³-hybridized carbons (Fsp3) is 0.381. The van der Waals surface area contributed by atoms with Crippen LogP contribution < -0.4 is 0 Å². The molecule has 0 radical (unpaired) electrons. The molecule has 6 heteroatoms. The summed E-state index contributed by atoms with van der Waals surface area (Å²) in [7, 11) is 0. The summed E-state index contributed by atoms with van der Waals surface area (Å²) in [5.74, 6) is -0.163. The zero-order valence-electron chi connectivity index (χ0n) is 15.5. The van der Waals surface area contributed by atoms with Crippen molar-refractivity contribution in [2.45, 2.75) is 19.8 Å². The molecule has 0 spiro atoms. The van der Waals surface area contributed by atoms with Gasteiger partial charge in [-0.15, -0.1) is 0 Å². The van der Waals surface area contributed by atoms with E-state index in [1.54, 1.807) is 30.2 Å². The van der Waals surface area contributed by atoms with Gasteiger partial charge < -0.3 is 9.80 Å². The second-order valence-corrected chi connectivity index (χ2v) is 7.00. The smallest absolute Gasteiger partial charge is 0.227 e. The molecule has 0 N–H and O–H groups in total. The van der Waals surface area contributed by atoms with Crippen molar-refractivity contribution in [3.05, 3.63) is 65.7 Å². The summed E-state index contributed by atoms with van der Waals surface area (Å²) in [6.07, 6.45) is 2.70. The first kappa shape index (κ1) is 19.0. The largest absolute Gasteiger partial charge is 0.341 e. The van der Waals surface area contributed by atoms with Gasteiger partial charge in [0.05, 0.1) is 6.42 Å². The second-order valence-electron chi connectivity index (χ2n) is 7.00. The van der Waals surface area contributed by atoms with Crippen LogP contribution in [0.4, 0.5) is 4.39 Å². The molecular formula is C21H24FN3O2. The predicted octanol–water partition coefficient (Wildman–Crippen LogP) is 2.31. The lowest BCUT2D eigenvalue weighted by atomic mass is 10.0. The number of hydrogen-bond acceptors (Lipinski definition) is 3. The summed E-state index contributed by atoms with van der Waals surface area (Å²) in [6, 6.07) is 11.8. The first-order valence-corrected chi connectivity index (χ1v) is 9.19. The molecule has 2 amide bonds. The Morgan fingerprint density at radius 2 is 1.78 bits per heavy atom. The van der Waals surface area contributed by atoms with E-state index in [1.165, 1.54) is 12.1 Å². The maximum atomic E-state index is 13.1. The molecule has 0 aliphatic carbocycles. The minimum Gasteiger partial charge on any atom is -0.341 e. The van der Waals surface area contributed by atoms with Crippen molar-refractivity contribution in [1.29, 1.82) is 0 Å². The highest BCUT2D eigenvalue weighted by Crippen LogP contribution is 2.16. The van der Waals surface area contributed by atoms with Crippen molar-refractivity contribution in [1.82, 2.24) is 14.8 Å². The number of nitrogens with zero attached hydrogens (tertiary/aromatic N) is 3. The highest BCUT2D eigenvalue weighted by Gasteiger charge is 2.27. The first-order chi connectivity index (χ1) is 13.0. The van der Waals surface area contributed by atoms with Crippen LogP contribution in [0.5, 0.6) is 0 Å². The summed E-state index contributed by atoms with van der Waals surface area (Å²) in [5.41, 5.74) is 1.74. The number of amides is 2. The van der Waals surface area contributed by atoms with E-state index in [1.807, 2.05) is 23.1 Å². The third kappa shape index (κ3) is 5.36. The van der Waals surface area contributed by atoms with E-state index in [9.17, 15) is 14.0 Å². The Labute approximate surface area is 158 Å². The number of rotatable bonds is 4. The molecule has 142 valence electrons. The SMILES string of the molecule is CC(=O)N1CCN(C(=O)Cc2ccc(F)cc2)C[C@H](Cc2ccccn2)C1. The van der Waals surface area contributed by atoms with Crippen molar-refractivity contribution < 1.29 is 14.0 Å². The monoisotopic (exact) mass is 369 g/mol. The van der Waals surface area contributed by atoms with Crippen LogP contribution in [0.1, 0.15) is 18.2 Å². The van der Waals surface area contributed by atoms with Crippen LogP contribution in [-0.2, 0) is 22.4 Å². The van der Waals surface area contributed by atoms with Gasteiger partial charge >= 0.3 is 0 Å². The highest BCUT2D eigenvalue weighted by atomic mass is 19.1. The van der Waals surface area contributed by atoms with E-state index in [0.717, 1.165) is 11.3 Å². The van der Waals surface area contributed by atoms with Gasteiger partial charge in [0.1, 0.15) is 5.82 Å². The minimum atomic E-state index is -0.312. The second kappa shape index (κ2) is 8.75. The molecule has 27 heavy (non-hydrogen) atoms. The van der Waals surface area contributed by atoms with E-state index < -0.39 is 0 Å². The van der Waals surface area contributed by atoms with Crippen molar-refractivity contribution in [2.75, 3.05) is 26.2 Å². The van der Waals surface area contributed by atoms with E-state index in [4.69, 9.17) is 0 Å². The molecule has 0 saturated carbocycles. The molecule has 3 rings (SSSR count). The third-order valence-corrected chi connectivity index (χ3v) is 4.89. The van der Waals surface area contributed by atoms with Gasteiger partial charge in [-0.2, -0.15) is 0 Å². The summed E-state index contributed by atoms with van der Waals surface area (Å²) >= 11 is 0. The summed E-state index contributed by atoms with van der Waals surface area (Å²) in [5, 5.41) is 0. The van der Waals surface area contributed by atoms with E-state index in [-0.39, 0.29) is 30.0 Å². The lowest BCUT2D eigenvalue weighted by Crippen LogP contribution is -2.37. The quantitative estimate of drug-likeness (QED) is 0.831. The number of benzene rings is 1. The van der Waals surface area contributed by atoms with E-state index in [2.05, 4.69) is 4.98 Å².